The van der Waals surface area contributed by atoms with Crippen LogP contribution in [-0.4, -0.2) is 21.9 Å². The first kappa shape index (κ1) is 15.1. The summed E-state index contributed by atoms with van der Waals surface area (Å²) in [4.78, 5) is 16.7. The van der Waals surface area contributed by atoms with Crippen molar-refractivity contribution in [1.82, 2.24) is 9.38 Å². The largest absolute Gasteiger partial charge is 0.491 e. The van der Waals surface area contributed by atoms with E-state index in [2.05, 4.69) is 10.3 Å². The lowest BCUT2D eigenvalue weighted by atomic mass is 10.1. The zero-order valence-corrected chi connectivity index (χ0v) is 13.2. The van der Waals surface area contributed by atoms with Gasteiger partial charge in [-0.1, -0.05) is 19.1 Å². The number of pyridine rings is 1. The Kier molecular flexibility index (Phi) is 4.28. The van der Waals surface area contributed by atoms with E-state index in [9.17, 15) is 4.79 Å². The summed E-state index contributed by atoms with van der Waals surface area (Å²) < 4.78 is 7.58. The van der Waals surface area contributed by atoms with Crippen LogP contribution in [0.2, 0.25) is 0 Å². The van der Waals surface area contributed by atoms with E-state index >= 15 is 0 Å². The molecule has 0 atom stereocenters. The smallest absolute Gasteiger partial charge is 0.257 e. The number of carbonyl (C=O) groups excluding carboxylic acids is 1. The minimum atomic E-state index is -0.161. The van der Waals surface area contributed by atoms with E-state index in [1.807, 2.05) is 54.6 Å². The van der Waals surface area contributed by atoms with Gasteiger partial charge in [-0.2, -0.15) is 0 Å². The molecular formula is C18H19N3O2. The van der Waals surface area contributed by atoms with Crippen LogP contribution in [0.15, 0.2) is 48.9 Å². The first-order valence-electron chi connectivity index (χ1n) is 7.65. The number of aryl methyl sites for hydroxylation is 1. The van der Waals surface area contributed by atoms with Crippen molar-refractivity contribution in [2.24, 2.45) is 0 Å². The average Bonchev–Trinajstić information content (AvgIpc) is 3.04. The van der Waals surface area contributed by atoms with Crippen molar-refractivity contribution in [2.45, 2.75) is 20.3 Å². The number of anilines is 1. The maximum absolute atomic E-state index is 12.6. The molecule has 1 aromatic carbocycles. The fourth-order valence-electron chi connectivity index (χ4n) is 2.47. The van der Waals surface area contributed by atoms with Gasteiger partial charge in [0.15, 0.2) is 0 Å². The molecule has 0 bridgehead atoms. The number of rotatable bonds is 5. The van der Waals surface area contributed by atoms with Gasteiger partial charge in [0.05, 0.1) is 35.9 Å². The highest BCUT2D eigenvalue weighted by atomic mass is 16.5. The van der Waals surface area contributed by atoms with Crippen LogP contribution < -0.4 is 10.1 Å². The highest BCUT2D eigenvalue weighted by Gasteiger charge is 2.14. The van der Waals surface area contributed by atoms with Gasteiger partial charge in [-0.3, -0.25) is 4.79 Å². The van der Waals surface area contributed by atoms with Gasteiger partial charge in [0.1, 0.15) is 5.75 Å². The molecule has 3 aromatic rings. The summed E-state index contributed by atoms with van der Waals surface area (Å²) in [6.07, 6.45) is 4.39. The minimum Gasteiger partial charge on any atom is -0.491 e. The number of amides is 1. The molecule has 1 N–H and O–H groups in total. The van der Waals surface area contributed by atoms with E-state index in [-0.39, 0.29) is 5.91 Å². The molecule has 5 nitrogen and oxygen atoms in total. The second-order valence-electron chi connectivity index (χ2n) is 5.32. The number of nitrogens with one attached hydrogen (secondary N) is 1. The molecule has 0 aliphatic heterocycles. The number of carbonyl (C=O) groups is 1. The Labute approximate surface area is 134 Å². The Bertz CT molecular complexity index is 839. The molecule has 0 fully saturated rings. The fraction of sp³-hybridized carbons (Fsp3) is 0.222. The summed E-state index contributed by atoms with van der Waals surface area (Å²) in [5, 5.41) is 2.94. The number of benzene rings is 1. The molecule has 2 aromatic heterocycles. The van der Waals surface area contributed by atoms with Crippen LogP contribution in [0.1, 0.15) is 29.4 Å². The fourth-order valence-corrected chi connectivity index (χ4v) is 2.47. The molecule has 118 valence electrons. The van der Waals surface area contributed by atoms with Crippen LogP contribution in [0.4, 0.5) is 5.69 Å². The zero-order chi connectivity index (χ0) is 16.2. The van der Waals surface area contributed by atoms with Gasteiger partial charge in [-0.05, 0) is 37.6 Å². The molecule has 23 heavy (non-hydrogen) atoms. The quantitative estimate of drug-likeness (QED) is 0.782. The second-order valence-corrected chi connectivity index (χ2v) is 5.32. The Hall–Kier alpha value is -2.82. The molecule has 0 saturated carbocycles. The van der Waals surface area contributed by atoms with Crippen LogP contribution in [0.5, 0.6) is 5.75 Å². The molecule has 1 amide bonds. The van der Waals surface area contributed by atoms with Crippen molar-refractivity contribution in [3.8, 4) is 5.75 Å². The number of hydrogen-bond donors (Lipinski definition) is 1. The zero-order valence-electron chi connectivity index (χ0n) is 13.2. The summed E-state index contributed by atoms with van der Waals surface area (Å²) in [5.74, 6) is 0.523. The number of para-hydroxylation sites is 2. The normalized spacial score (nSPS) is 10.7. The minimum absolute atomic E-state index is 0.161. The molecule has 0 aliphatic rings. The highest BCUT2D eigenvalue weighted by Crippen LogP contribution is 2.25. The van der Waals surface area contributed by atoms with Crippen molar-refractivity contribution in [3.05, 3.63) is 60.2 Å². The molecule has 5 heteroatoms. The van der Waals surface area contributed by atoms with Gasteiger partial charge in [0.25, 0.3) is 5.91 Å². The number of imidazole rings is 1. The second kappa shape index (κ2) is 6.52. The Morgan fingerprint density at radius 2 is 2.09 bits per heavy atom. The summed E-state index contributed by atoms with van der Waals surface area (Å²) in [6, 6.07) is 11.2. The molecule has 3 rings (SSSR count). The lowest BCUT2D eigenvalue weighted by Gasteiger charge is -2.13. The Morgan fingerprint density at radius 3 is 2.91 bits per heavy atom. The third-order valence-corrected chi connectivity index (χ3v) is 3.68. The first-order chi connectivity index (χ1) is 11.2. The van der Waals surface area contributed by atoms with Crippen molar-refractivity contribution in [2.75, 3.05) is 11.9 Å². The molecule has 2 heterocycles. The number of hydrogen-bond acceptors (Lipinski definition) is 3. The van der Waals surface area contributed by atoms with Gasteiger partial charge in [0, 0.05) is 5.69 Å². The predicted molar refractivity (Wildman–Crippen MR) is 90.1 cm³/mol. The topological polar surface area (TPSA) is 55.6 Å². The average molecular weight is 309 g/mol. The van der Waals surface area contributed by atoms with Gasteiger partial charge < -0.3 is 14.5 Å². The van der Waals surface area contributed by atoms with Gasteiger partial charge in [-0.15, -0.1) is 0 Å². The van der Waals surface area contributed by atoms with Crippen LogP contribution in [0, 0.1) is 6.92 Å². The van der Waals surface area contributed by atoms with Crippen LogP contribution in [-0.2, 0) is 0 Å². The lowest BCUT2D eigenvalue weighted by molar-refractivity contribution is 0.102. The summed E-state index contributed by atoms with van der Waals surface area (Å²) in [6.45, 7) is 4.57. The van der Waals surface area contributed by atoms with E-state index in [1.165, 1.54) is 0 Å². The third-order valence-electron chi connectivity index (χ3n) is 3.68. The Balaban J connectivity index is 1.87. The molecule has 0 saturated heterocycles. The van der Waals surface area contributed by atoms with Crippen LogP contribution >= 0.6 is 0 Å². The van der Waals surface area contributed by atoms with Crippen molar-refractivity contribution in [3.63, 3.8) is 0 Å². The Morgan fingerprint density at radius 1 is 1.26 bits per heavy atom. The maximum atomic E-state index is 12.6. The van der Waals surface area contributed by atoms with Gasteiger partial charge in [0.2, 0.25) is 0 Å². The summed E-state index contributed by atoms with van der Waals surface area (Å²) >= 11 is 0. The van der Waals surface area contributed by atoms with Crippen molar-refractivity contribution >= 4 is 17.1 Å². The van der Waals surface area contributed by atoms with E-state index in [0.717, 1.165) is 17.6 Å². The summed E-state index contributed by atoms with van der Waals surface area (Å²) in [5.41, 5.74) is 3.10. The molecule has 0 radical (unpaired) electrons. The molecular weight excluding hydrogens is 290 g/mol. The van der Waals surface area contributed by atoms with Crippen molar-refractivity contribution in [1.29, 1.82) is 0 Å². The van der Waals surface area contributed by atoms with E-state index in [0.29, 0.717) is 23.6 Å². The van der Waals surface area contributed by atoms with Gasteiger partial charge >= 0.3 is 0 Å². The standard InChI is InChI=1S/C18H19N3O2/c1-3-10-23-17-7-5-4-6-16(17)20-18(22)15-9-8-14-11-19-12-21(14)13(15)2/h4-9,11-12H,3,10H2,1-2H3,(H,20,22). The molecule has 0 spiro atoms. The number of ether oxygens (including phenoxy) is 1. The van der Waals surface area contributed by atoms with Crippen LogP contribution in [0.25, 0.3) is 5.52 Å². The SMILES string of the molecule is CCCOc1ccccc1NC(=O)c1ccc2cncn2c1C. The van der Waals surface area contributed by atoms with E-state index in [1.54, 1.807) is 12.5 Å². The highest BCUT2D eigenvalue weighted by molar-refractivity contribution is 6.06. The summed E-state index contributed by atoms with van der Waals surface area (Å²) in [7, 11) is 0. The van der Waals surface area contributed by atoms with E-state index < -0.39 is 0 Å². The number of nitrogens with zero attached hydrogens (tertiary/aromatic N) is 2. The maximum Gasteiger partial charge on any atom is 0.257 e. The predicted octanol–water partition coefficient (Wildman–Crippen LogP) is 3.68. The van der Waals surface area contributed by atoms with Crippen molar-refractivity contribution < 1.29 is 9.53 Å². The molecule has 0 aliphatic carbocycles. The lowest BCUT2D eigenvalue weighted by Crippen LogP contribution is -2.15. The van der Waals surface area contributed by atoms with Crippen LogP contribution in [0.3, 0.4) is 0 Å². The monoisotopic (exact) mass is 309 g/mol. The molecule has 0 unspecified atom stereocenters. The number of aromatic nitrogens is 2. The third kappa shape index (κ3) is 3.04. The first-order valence-corrected chi connectivity index (χ1v) is 7.65. The van der Waals surface area contributed by atoms with E-state index in [4.69, 9.17) is 4.74 Å². The number of fused-ring (bicyclic) bond motifs is 1. The van der Waals surface area contributed by atoms with Gasteiger partial charge in [-0.25, -0.2) is 4.98 Å².